The van der Waals surface area contributed by atoms with Gasteiger partial charge >= 0.3 is 12.0 Å². The van der Waals surface area contributed by atoms with Crippen molar-refractivity contribution in [2.45, 2.75) is 6.04 Å². The lowest BCUT2D eigenvalue weighted by molar-refractivity contribution is -0.140. The van der Waals surface area contributed by atoms with Crippen LogP contribution in [0.5, 0.6) is 0 Å². The van der Waals surface area contributed by atoms with Crippen molar-refractivity contribution >= 4 is 17.7 Å². The first kappa shape index (κ1) is 11.3. The van der Waals surface area contributed by atoms with Crippen molar-refractivity contribution in [3.05, 3.63) is 24.3 Å². The van der Waals surface area contributed by atoms with E-state index in [9.17, 15) is 14.0 Å². The largest absolute Gasteiger partial charge is 0.480 e. The van der Waals surface area contributed by atoms with Crippen LogP contribution in [0.2, 0.25) is 0 Å². The van der Waals surface area contributed by atoms with Crippen molar-refractivity contribution in [1.82, 2.24) is 9.88 Å². The molecule has 0 radical (unpaired) electrons. The maximum absolute atomic E-state index is 12.9. The van der Waals surface area contributed by atoms with E-state index in [2.05, 4.69) is 4.98 Å². The highest BCUT2D eigenvalue weighted by atomic mass is 19.1. The number of urea groups is 1. The number of pyridine rings is 1. The van der Waals surface area contributed by atoms with Gasteiger partial charge in [-0.3, -0.25) is 4.90 Å². The predicted molar refractivity (Wildman–Crippen MR) is 56.1 cm³/mol. The van der Waals surface area contributed by atoms with E-state index in [0.717, 1.165) is 11.0 Å². The van der Waals surface area contributed by atoms with E-state index in [-0.39, 0.29) is 6.54 Å². The Kier molecular flexibility index (Phi) is 2.66. The maximum Gasteiger partial charge on any atom is 0.328 e. The molecule has 0 bridgehead atoms. The third-order valence-electron chi connectivity index (χ3n) is 2.66. The molecule has 1 aromatic heterocycles. The normalized spacial score (nSPS) is 19.9. The minimum atomic E-state index is -1.09. The van der Waals surface area contributed by atoms with Crippen LogP contribution in [0, 0.1) is 5.95 Å². The number of carbonyl (C=O) groups is 2. The zero-order valence-corrected chi connectivity index (χ0v) is 9.00. The second kappa shape index (κ2) is 4.00. The summed E-state index contributed by atoms with van der Waals surface area (Å²) < 4.78 is 12.9. The van der Waals surface area contributed by atoms with Crippen LogP contribution >= 0.6 is 0 Å². The highest BCUT2D eigenvalue weighted by Gasteiger charge is 2.39. The fourth-order valence-electron chi connectivity index (χ4n) is 1.72. The van der Waals surface area contributed by atoms with E-state index >= 15 is 0 Å². The van der Waals surface area contributed by atoms with Crippen LogP contribution in [-0.4, -0.2) is 46.6 Å². The van der Waals surface area contributed by atoms with Gasteiger partial charge < -0.3 is 10.0 Å². The van der Waals surface area contributed by atoms with Gasteiger partial charge in [0, 0.05) is 19.3 Å². The molecule has 0 saturated carbocycles. The second-order valence-corrected chi connectivity index (χ2v) is 3.69. The monoisotopic (exact) mass is 239 g/mol. The van der Waals surface area contributed by atoms with Gasteiger partial charge in [-0.05, 0) is 6.07 Å². The molecule has 7 heteroatoms. The van der Waals surface area contributed by atoms with Gasteiger partial charge in [-0.2, -0.15) is 4.39 Å². The number of halogens is 1. The summed E-state index contributed by atoms with van der Waals surface area (Å²) >= 11 is 0. The number of hydrogen-bond acceptors (Lipinski definition) is 3. The van der Waals surface area contributed by atoms with E-state index in [0.29, 0.717) is 5.69 Å². The number of hydrogen-bond donors (Lipinski definition) is 1. The molecule has 17 heavy (non-hydrogen) atoms. The average Bonchev–Trinajstić information content (AvgIpc) is 2.56. The van der Waals surface area contributed by atoms with E-state index in [1.807, 2.05) is 0 Å². The van der Waals surface area contributed by atoms with Crippen molar-refractivity contribution in [2.75, 3.05) is 18.5 Å². The van der Waals surface area contributed by atoms with Gasteiger partial charge in [-0.25, -0.2) is 14.6 Å². The zero-order valence-electron chi connectivity index (χ0n) is 9.00. The van der Waals surface area contributed by atoms with Gasteiger partial charge in [-0.15, -0.1) is 0 Å². The molecule has 1 aromatic rings. The number of likely N-dealkylation sites (N-methyl/N-ethyl adjacent to an activating group) is 1. The van der Waals surface area contributed by atoms with E-state index < -0.39 is 24.0 Å². The smallest absolute Gasteiger partial charge is 0.328 e. The van der Waals surface area contributed by atoms with Gasteiger partial charge in [0.2, 0.25) is 5.95 Å². The summed E-state index contributed by atoms with van der Waals surface area (Å²) in [4.78, 5) is 28.4. The Labute approximate surface area is 96.3 Å². The Morgan fingerprint density at radius 1 is 1.65 bits per heavy atom. The summed E-state index contributed by atoms with van der Waals surface area (Å²) in [7, 11) is 1.40. The summed E-state index contributed by atoms with van der Waals surface area (Å²) in [6.45, 7) is -0.00583. The molecule has 1 N–H and O–H groups in total. The number of rotatable bonds is 2. The van der Waals surface area contributed by atoms with Crippen molar-refractivity contribution in [2.24, 2.45) is 0 Å². The number of aliphatic carboxylic acids is 1. The number of anilines is 1. The molecule has 6 nitrogen and oxygen atoms in total. The fraction of sp³-hybridized carbons (Fsp3) is 0.300. The van der Waals surface area contributed by atoms with Crippen LogP contribution in [0.15, 0.2) is 18.3 Å². The number of aromatic nitrogens is 1. The van der Waals surface area contributed by atoms with Gasteiger partial charge in [0.05, 0.1) is 12.2 Å². The lowest BCUT2D eigenvalue weighted by Crippen LogP contribution is -2.36. The number of nitrogens with zero attached hydrogens (tertiary/aromatic N) is 3. The summed E-state index contributed by atoms with van der Waals surface area (Å²) in [6.07, 6.45) is 1.23. The molecule has 1 atom stereocenters. The zero-order chi connectivity index (χ0) is 12.6. The van der Waals surface area contributed by atoms with Crippen molar-refractivity contribution in [1.29, 1.82) is 0 Å². The third-order valence-corrected chi connectivity index (χ3v) is 2.66. The molecule has 2 amide bonds. The first-order valence-corrected chi connectivity index (χ1v) is 4.89. The molecule has 1 unspecified atom stereocenters. The van der Waals surface area contributed by atoms with Crippen LogP contribution in [0.4, 0.5) is 14.9 Å². The minimum absolute atomic E-state index is 0.00583. The molecule has 0 aromatic carbocycles. The first-order valence-electron chi connectivity index (χ1n) is 4.89. The summed E-state index contributed by atoms with van der Waals surface area (Å²) in [5, 5.41) is 8.91. The van der Waals surface area contributed by atoms with Gasteiger partial charge in [-0.1, -0.05) is 0 Å². The predicted octanol–water partition coefficient (Wildman–Crippen LogP) is 0.546. The molecular formula is C10H10FN3O3. The minimum Gasteiger partial charge on any atom is -0.480 e. The van der Waals surface area contributed by atoms with Gasteiger partial charge in [0.15, 0.2) is 0 Å². The fourth-order valence-corrected chi connectivity index (χ4v) is 1.72. The summed E-state index contributed by atoms with van der Waals surface area (Å²) in [5.74, 6) is -1.80. The van der Waals surface area contributed by atoms with Crippen molar-refractivity contribution in [3.8, 4) is 0 Å². The molecule has 0 spiro atoms. The summed E-state index contributed by atoms with van der Waals surface area (Å²) in [6, 6.07) is 1.16. The average molecular weight is 239 g/mol. The quantitative estimate of drug-likeness (QED) is 0.765. The lowest BCUT2D eigenvalue weighted by Gasteiger charge is -2.15. The van der Waals surface area contributed by atoms with Gasteiger partial charge in [0.1, 0.15) is 6.04 Å². The molecule has 2 rings (SSSR count). The number of carboxylic acid groups (broad SMARTS) is 1. The number of carbonyl (C=O) groups excluding carboxylic acids is 1. The SMILES string of the molecule is CN1C(=O)N(c2ccnc(F)c2)CC1C(=O)O. The van der Waals surface area contributed by atoms with Crippen molar-refractivity contribution in [3.63, 3.8) is 0 Å². The molecule has 1 aliphatic heterocycles. The molecule has 0 aliphatic carbocycles. The number of amides is 2. The van der Waals surface area contributed by atoms with Crippen LogP contribution in [0.3, 0.4) is 0 Å². The first-order chi connectivity index (χ1) is 8.00. The lowest BCUT2D eigenvalue weighted by atomic mass is 10.3. The Morgan fingerprint density at radius 3 is 2.88 bits per heavy atom. The van der Waals surface area contributed by atoms with Crippen LogP contribution in [-0.2, 0) is 4.79 Å². The molecule has 1 aliphatic rings. The summed E-state index contributed by atoms with van der Waals surface area (Å²) in [5.41, 5.74) is 0.304. The van der Waals surface area contributed by atoms with Crippen LogP contribution < -0.4 is 4.90 Å². The highest BCUT2D eigenvalue weighted by molar-refractivity contribution is 5.98. The Morgan fingerprint density at radius 2 is 2.35 bits per heavy atom. The van der Waals surface area contributed by atoms with Crippen LogP contribution in [0.1, 0.15) is 0 Å². The van der Waals surface area contributed by atoms with E-state index in [1.165, 1.54) is 24.2 Å². The second-order valence-electron chi connectivity index (χ2n) is 3.69. The van der Waals surface area contributed by atoms with Crippen molar-refractivity contribution < 1.29 is 19.1 Å². The third kappa shape index (κ3) is 1.91. The van der Waals surface area contributed by atoms with Gasteiger partial charge in [0.25, 0.3) is 0 Å². The topological polar surface area (TPSA) is 73.7 Å². The molecule has 1 saturated heterocycles. The highest BCUT2D eigenvalue weighted by Crippen LogP contribution is 2.22. The Bertz CT molecular complexity index is 480. The number of carboxylic acids is 1. The molecule has 90 valence electrons. The van der Waals surface area contributed by atoms with E-state index in [4.69, 9.17) is 5.11 Å². The van der Waals surface area contributed by atoms with E-state index in [1.54, 1.807) is 0 Å². The molecule has 1 fully saturated rings. The maximum atomic E-state index is 12.9. The molecular weight excluding hydrogens is 229 g/mol. The Hall–Kier alpha value is -2.18. The standard InChI is InChI=1S/C10H10FN3O3/c1-13-7(9(15)16)5-14(10(13)17)6-2-3-12-8(11)4-6/h2-4,7H,5H2,1H3,(H,15,16). The Balaban J connectivity index is 2.30. The van der Waals surface area contributed by atoms with Crippen LogP contribution in [0.25, 0.3) is 0 Å². The molecule has 2 heterocycles.